The van der Waals surface area contributed by atoms with Gasteiger partial charge in [0.15, 0.2) is 0 Å². The third kappa shape index (κ3) is 2.54. The van der Waals surface area contributed by atoms with Crippen LogP contribution in [0.25, 0.3) is 16.8 Å². The highest BCUT2D eigenvalue weighted by atomic mass is 79.9. The Kier molecular flexibility index (Phi) is 3.70. The molecule has 0 fully saturated rings. The quantitative estimate of drug-likeness (QED) is 0.635. The van der Waals surface area contributed by atoms with E-state index >= 15 is 0 Å². The van der Waals surface area contributed by atoms with Crippen molar-refractivity contribution in [3.8, 4) is 16.8 Å². The second-order valence-electron chi connectivity index (χ2n) is 4.79. The molecular weight excluding hydrogens is 312 g/mol. The van der Waals surface area contributed by atoms with Crippen LogP contribution in [0.1, 0.15) is 11.1 Å². The first-order valence-corrected chi connectivity index (χ1v) is 7.66. The first-order valence-electron chi connectivity index (χ1n) is 6.54. The molecule has 0 saturated carbocycles. The monoisotopic (exact) mass is 326 g/mol. The van der Waals surface area contributed by atoms with Gasteiger partial charge in [-0.2, -0.15) is 5.10 Å². The molecule has 3 heteroatoms. The van der Waals surface area contributed by atoms with Gasteiger partial charge in [-0.25, -0.2) is 4.68 Å². The number of hydrogen-bond donors (Lipinski definition) is 0. The number of halogens is 1. The summed E-state index contributed by atoms with van der Waals surface area (Å²) in [5.74, 6) is 0. The molecular formula is C17H15BrN2. The van der Waals surface area contributed by atoms with Gasteiger partial charge in [0.25, 0.3) is 0 Å². The van der Waals surface area contributed by atoms with Crippen LogP contribution in [0.4, 0.5) is 0 Å². The fourth-order valence-corrected chi connectivity index (χ4v) is 2.64. The predicted octanol–water partition coefficient (Wildman–Crippen LogP) is 4.74. The van der Waals surface area contributed by atoms with Crippen LogP contribution in [0.5, 0.6) is 0 Å². The van der Waals surface area contributed by atoms with Crippen molar-refractivity contribution >= 4 is 15.9 Å². The highest BCUT2D eigenvalue weighted by Crippen LogP contribution is 2.22. The van der Waals surface area contributed by atoms with Gasteiger partial charge < -0.3 is 0 Å². The van der Waals surface area contributed by atoms with Crippen molar-refractivity contribution in [3.05, 3.63) is 72.1 Å². The van der Waals surface area contributed by atoms with E-state index in [1.54, 1.807) is 0 Å². The summed E-state index contributed by atoms with van der Waals surface area (Å²) in [6, 6.07) is 16.7. The molecule has 0 saturated heterocycles. The first-order chi connectivity index (χ1) is 9.78. The zero-order chi connectivity index (χ0) is 13.9. The van der Waals surface area contributed by atoms with Gasteiger partial charge >= 0.3 is 0 Å². The van der Waals surface area contributed by atoms with Crippen LogP contribution >= 0.6 is 15.9 Å². The van der Waals surface area contributed by atoms with Crippen LogP contribution in [0.3, 0.4) is 0 Å². The molecule has 100 valence electrons. The van der Waals surface area contributed by atoms with E-state index in [0.717, 1.165) is 16.6 Å². The summed E-state index contributed by atoms with van der Waals surface area (Å²) in [4.78, 5) is 0. The summed E-state index contributed by atoms with van der Waals surface area (Å²) in [7, 11) is 0. The number of rotatable bonds is 3. The predicted molar refractivity (Wildman–Crippen MR) is 86.4 cm³/mol. The number of hydrogen-bond acceptors (Lipinski definition) is 1. The van der Waals surface area contributed by atoms with E-state index in [-0.39, 0.29) is 0 Å². The Morgan fingerprint density at radius 1 is 1.05 bits per heavy atom. The Morgan fingerprint density at radius 3 is 2.55 bits per heavy atom. The molecule has 0 amide bonds. The summed E-state index contributed by atoms with van der Waals surface area (Å²) in [5, 5.41) is 5.36. The molecule has 1 aromatic heterocycles. The number of aryl methyl sites for hydroxylation is 1. The maximum Gasteiger partial charge on any atom is 0.0675 e. The highest BCUT2D eigenvalue weighted by molar-refractivity contribution is 9.08. The van der Waals surface area contributed by atoms with Crippen molar-refractivity contribution in [1.29, 1.82) is 0 Å². The molecule has 20 heavy (non-hydrogen) atoms. The number of alkyl halides is 1. The largest absolute Gasteiger partial charge is 0.240 e. The highest BCUT2D eigenvalue weighted by Gasteiger charge is 2.06. The minimum atomic E-state index is 0.877. The van der Waals surface area contributed by atoms with Crippen molar-refractivity contribution in [2.24, 2.45) is 0 Å². The van der Waals surface area contributed by atoms with E-state index in [0.29, 0.717) is 0 Å². The Morgan fingerprint density at radius 2 is 1.85 bits per heavy atom. The molecule has 0 unspecified atom stereocenters. The van der Waals surface area contributed by atoms with Gasteiger partial charge in [0.1, 0.15) is 0 Å². The van der Waals surface area contributed by atoms with Crippen LogP contribution in [-0.2, 0) is 5.33 Å². The number of nitrogens with zero attached hydrogens (tertiary/aromatic N) is 2. The molecule has 2 nitrogen and oxygen atoms in total. The molecule has 3 aromatic rings. The zero-order valence-corrected chi connectivity index (χ0v) is 12.8. The lowest BCUT2D eigenvalue weighted by Gasteiger charge is -2.07. The van der Waals surface area contributed by atoms with Crippen LogP contribution in [0, 0.1) is 6.92 Å². The molecule has 0 radical (unpaired) electrons. The molecule has 0 spiro atoms. The summed E-state index contributed by atoms with van der Waals surface area (Å²) in [6.07, 6.45) is 3.98. The standard InChI is InChI=1S/C17H15BrN2/c1-13-9-14(10-18)7-8-17(13)20-12-16(11-19-20)15-5-3-2-4-6-15/h2-9,11-12H,10H2,1H3. The summed E-state index contributed by atoms with van der Waals surface area (Å²) in [5.41, 5.74) is 5.95. The summed E-state index contributed by atoms with van der Waals surface area (Å²) < 4.78 is 1.94. The smallest absolute Gasteiger partial charge is 0.0675 e. The average Bonchev–Trinajstić information content (AvgIpc) is 2.97. The van der Waals surface area contributed by atoms with Crippen LogP contribution < -0.4 is 0 Å². The average molecular weight is 327 g/mol. The van der Waals surface area contributed by atoms with E-state index in [9.17, 15) is 0 Å². The number of aromatic nitrogens is 2. The van der Waals surface area contributed by atoms with E-state index in [1.807, 2.05) is 29.1 Å². The van der Waals surface area contributed by atoms with Crippen LogP contribution in [-0.4, -0.2) is 9.78 Å². The van der Waals surface area contributed by atoms with Gasteiger partial charge in [-0.15, -0.1) is 0 Å². The van der Waals surface area contributed by atoms with E-state index < -0.39 is 0 Å². The van der Waals surface area contributed by atoms with Crippen LogP contribution in [0.15, 0.2) is 60.9 Å². The zero-order valence-electron chi connectivity index (χ0n) is 11.3. The molecule has 0 bridgehead atoms. The third-order valence-electron chi connectivity index (χ3n) is 3.35. The summed E-state index contributed by atoms with van der Waals surface area (Å²) >= 11 is 3.48. The Labute approximate surface area is 127 Å². The topological polar surface area (TPSA) is 17.8 Å². The van der Waals surface area contributed by atoms with Crippen molar-refractivity contribution in [1.82, 2.24) is 9.78 Å². The van der Waals surface area contributed by atoms with Gasteiger partial charge in [0.05, 0.1) is 11.9 Å². The second-order valence-corrected chi connectivity index (χ2v) is 5.35. The Balaban J connectivity index is 1.98. The lowest BCUT2D eigenvalue weighted by Crippen LogP contribution is -1.97. The molecule has 3 rings (SSSR count). The van der Waals surface area contributed by atoms with Crippen molar-refractivity contribution in [2.45, 2.75) is 12.3 Å². The first kappa shape index (κ1) is 13.1. The lowest BCUT2D eigenvalue weighted by molar-refractivity contribution is 0.872. The fourth-order valence-electron chi connectivity index (χ4n) is 2.29. The van der Waals surface area contributed by atoms with Gasteiger partial charge in [-0.05, 0) is 29.7 Å². The second kappa shape index (κ2) is 5.63. The maximum atomic E-state index is 4.48. The van der Waals surface area contributed by atoms with Gasteiger partial charge in [-0.3, -0.25) is 0 Å². The van der Waals surface area contributed by atoms with Crippen molar-refractivity contribution in [2.75, 3.05) is 0 Å². The third-order valence-corrected chi connectivity index (χ3v) is 4.00. The Hall–Kier alpha value is -1.87. The molecule has 0 aliphatic heterocycles. The molecule has 0 atom stereocenters. The number of benzene rings is 2. The van der Waals surface area contributed by atoms with Gasteiger partial charge in [0.2, 0.25) is 0 Å². The minimum Gasteiger partial charge on any atom is -0.240 e. The van der Waals surface area contributed by atoms with E-state index in [4.69, 9.17) is 0 Å². The molecule has 0 aliphatic carbocycles. The SMILES string of the molecule is Cc1cc(CBr)ccc1-n1cc(-c2ccccc2)cn1. The van der Waals surface area contributed by atoms with Crippen molar-refractivity contribution in [3.63, 3.8) is 0 Å². The molecule has 2 aromatic carbocycles. The van der Waals surface area contributed by atoms with E-state index in [1.165, 1.54) is 16.7 Å². The van der Waals surface area contributed by atoms with E-state index in [2.05, 4.69) is 64.5 Å². The molecule has 0 N–H and O–H groups in total. The van der Waals surface area contributed by atoms with Crippen molar-refractivity contribution < 1.29 is 0 Å². The lowest BCUT2D eigenvalue weighted by atomic mass is 10.1. The minimum absolute atomic E-state index is 0.877. The van der Waals surface area contributed by atoms with Crippen LogP contribution in [0.2, 0.25) is 0 Å². The Bertz CT molecular complexity index is 717. The normalized spacial score (nSPS) is 10.7. The summed E-state index contributed by atoms with van der Waals surface area (Å²) in [6.45, 7) is 2.12. The maximum absolute atomic E-state index is 4.48. The van der Waals surface area contributed by atoms with Gasteiger partial charge in [0, 0.05) is 17.1 Å². The van der Waals surface area contributed by atoms with Gasteiger partial charge in [-0.1, -0.05) is 58.4 Å². The fraction of sp³-hybridized carbons (Fsp3) is 0.118. The molecule has 0 aliphatic rings. The molecule has 1 heterocycles.